The minimum atomic E-state index is -0.460. The average Bonchev–Trinajstić information content (AvgIpc) is 3.22. The highest BCUT2D eigenvalue weighted by Gasteiger charge is 2.19. The second-order valence-corrected chi connectivity index (χ2v) is 5.09. The lowest BCUT2D eigenvalue weighted by Crippen LogP contribution is -2.28. The van der Waals surface area contributed by atoms with Crippen molar-refractivity contribution in [2.45, 2.75) is 32.2 Å². The summed E-state index contributed by atoms with van der Waals surface area (Å²) in [4.78, 5) is 22.1. The first kappa shape index (κ1) is 14.5. The van der Waals surface area contributed by atoms with Gasteiger partial charge in [0.2, 0.25) is 0 Å². The Kier molecular flexibility index (Phi) is 4.68. The predicted octanol–water partition coefficient (Wildman–Crippen LogP) is 1.78. The first-order valence-corrected chi connectivity index (χ1v) is 6.84. The van der Waals surface area contributed by atoms with Crippen LogP contribution in [0.4, 0.5) is 5.69 Å². The van der Waals surface area contributed by atoms with Gasteiger partial charge in [-0.15, -0.1) is 0 Å². The van der Waals surface area contributed by atoms with Gasteiger partial charge in [-0.05, 0) is 44.4 Å². The molecule has 6 heteroatoms. The fourth-order valence-electron chi connectivity index (χ4n) is 2.00. The van der Waals surface area contributed by atoms with E-state index in [0.717, 1.165) is 13.0 Å². The van der Waals surface area contributed by atoms with Gasteiger partial charge in [0, 0.05) is 30.3 Å². The van der Waals surface area contributed by atoms with Gasteiger partial charge in [0.05, 0.1) is 4.92 Å². The molecule has 0 bridgehead atoms. The van der Waals surface area contributed by atoms with Gasteiger partial charge in [-0.3, -0.25) is 14.9 Å². The molecule has 2 rings (SSSR count). The fourth-order valence-corrected chi connectivity index (χ4v) is 2.00. The molecule has 0 unspecified atom stereocenters. The molecule has 20 heavy (non-hydrogen) atoms. The highest BCUT2D eigenvalue weighted by Crippen LogP contribution is 2.18. The summed E-state index contributed by atoms with van der Waals surface area (Å²) in [6, 6.07) is 4.97. The lowest BCUT2D eigenvalue weighted by Gasteiger charge is -2.08. The molecule has 1 aromatic carbocycles. The Morgan fingerprint density at radius 3 is 2.75 bits per heavy atom. The summed E-state index contributed by atoms with van der Waals surface area (Å²) < 4.78 is 0. The number of nitro benzene ring substituents is 1. The molecule has 6 nitrogen and oxygen atoms in total. The topological polar surface area (TPSA) is 84.3 Å². The number of carbonyl (C=O) groups is 1. The first-order valence-electron chi connectivity index (χ1n) is 6.84. The molecule has 0 spiro atoms. The number of nitrogens with zero attached hydrogens (tertiary/aromatic N) is 1. The maximum atomic E-state index is 12.0. The predicted molar refractivity (Wildman–Crippen MR) is 75.8 cm³/mol. The van der Waals surface area contributed by atoms with Crippen LogP contribution in [0.5, 0.6) is 0 Å². The number of hydrogen-bond donors (Lipinski definition) is 2. The third-order valence-corrected chi connectivity index (χ3v) is 3.31. The summed E-state index contributed by atoms with van der Waals surface area (Å²) in [7, 11) is 0. The largest absolute Gasteiger partial charge is 0.352 e. The third-order valence-electron chi connectivity index (χ3n) is 3.31. The number of amides is 1. The SMILES string of the molecule is Cc1cc([N+](=O)[O-])ccc1C(=O)NCCCNC1CC1. The third kappa shape index (κ3) is 4.03. The van der Waals surface area contributed by atoms with E-state index in [1.54, 1.807) is 6.92 Å². The molecule has 1 aromatic rings. The molecule has 1 saturated carbocycles. The van der Waals surface area contributed by atoms with Crippen molar-refractivity contribution in [2.75, 3.05) is 13.1 Å². The van der Waals surface area contributed by atoms with E-state index in [-0.39, 0.29) is 11.6 Å². The van der Waals surface area contributed by atoms with E-state index in [4.69, 9.17) is 0 Å². The van der Waals surface area contributed by atoms with E-state index < -0.39 is 4.92 Å². The lowest BCUT2D eigenvalue weighted by molar-refractivity contribution is -0.384. The molecule has 1 aliphatic carbocycles. The maximum absolute atomic E-state index is 12.0. The average molecular weight is 277 g/mol. The van der Waals surface area contributed by atoms with Crippen LogP contribution in [-0.4, -0.2) is 30.0 Å². The molecule has 0 radical (unpaired) electrons. The van der Waals surface area contributed by atoms with Crippen LogP contribution < -0.4 is 10.6 Å². The Morgan fingerprint density at radius 1 is 1.40 bits per heavy atom. The van der Waals surface area contributed by atoms with E-state index in [0.29, 0.717) is 23.7 Å². The molecule has 2 N–H and O–H groups in total. The Labute approximate surface area is 117 Å². The van der Waals surface area contributed by atoms with Crippen molar-refractivity contribution in [1.82, 2.24) is 10.6 Å². The van der Waals surface area contributed by atoms with E-state index in [2.05, 4.69) is 10.6 Å². The van der Waals surface area contributed by atoms with Gasteiger partial charge in [-0.1, -0.05) is 0 Å². The molecule has 1 amide bonds. The van der Waals surface area contributed by atoms with E-state index >= 15 is 0 Å². The minimum Gasteiger partial charge on any atom is -0.352 e. The molecule has 0 saturated heterocycles. The Bertz CT molecular complexity index is 512. The number of nitrogens with one attached hydrogen (secondary N) is 2. The van der Waals surface area contributed by atoms with Crippen molar-refractivity contribution in [3.63, 3.8) is 0 Å². The van der Waals surface area contributed by atoms with Gasteiger partial charge in [-0.25, -0.2) is 0 Å². The molecule has 0 aliphatic heterocycles. The Morgan fingerprint density at radius 2 is 2.15 bits per heavy atom. The number of aryl methyl sites for hydroxylation is 1. The summed E-state index contributed by atoms with van der Waals surface area (Å²) in [6.45, 7) is 3.22. The molecule has 0 heterocycles. The Hall–Kier alpha value is -1.95. The van der Waals surface area contributed by atoms with Crippen molar-refractivity contribution in [1.29, 1.82) is 0 Å². The molecule has 1 fully saturated rings. The van der Waals surface area contributed by atoms with Crippen molar-refractivity contribution < 1.29 is 9.72 Å². The standard InChI is InChI=1S/C14H19N3O3/c1-10-9-12(17(19)20)5-6-13(10)14(18)16-8-2-7-15-11-3-4-11/h5-6,9,11,15H,2-4,7-8H2,1H3,(H,16,18). The van der Waals surface area contributed by atoms with Gasteiger partial charge in [-0.2, -0.15) is 0 Å². The summed E-state index contributed by atoms with van der Waals surface area (Å²) in [6.07, 6.45) is 3.40. The van der Waals surface area contributed by atoms with Crippen molar-refractivity contribution in [3.8, 4) is 0 Å². The van der Waals surface area contributed by atoms with Crippen molar-refractivity contribution >= 4 is 11.6 Å². The summed E-state index contributed by atoms with van der Waals surface area (Å²) in [5.74, 6) is -0.177. The number of benzene rings is 1. The van der Waals surface area contributed by atoms with Gasteiger partial charge in [0.1, 0.15) is 0 Å². The fraction of sp³-hybridized carbons (Fsp3) is 0.500. The normalized spacial score (nSPS) is 14.1. The minimum absolute atomic E-state index is 0.00711. The molecular weight excluding hydrogens is 258 g/mol. The van der Waals surface area contributed by atoms with Crippen LogP contribution in [0.3, 0.4) is 0 Å². The molecule has 1 aliphatic rings. The second-order valence-electron chi connectivity index (χ2n) is 5.09. The van der Waals surface area contributed by atoms with Crippen LogP contribution in [0.2, 0.25) is 0 Å². The van der Waals surface area contributed by atoms with Crippen LogP contribution in [-0.2, 0) is 0 Å². The summed E-state index contributed by atoms with van der Waals surface area (Å²) in [5.41, 5.74) is 1.12. The zero-order valence-electron chi connectivity index (χ0n) is 11.5. The number of non-ortho nitro benzene ring substituents is 1. The smallest absolute Gasteiger partial charge is 0.269 e. The van der Waals surface area contributed by atoms with E-state index in [9.17, 15) is 14.9 Å². The highest BCUT2D eigenvalue weighted by molar-refractivity contribution is 5.95. The summed E-state index contributed by atoms with van der Waals surface area (Å²) >= 11 is 0. The van der Waals surface area contributed by atoms with Gasteiger partial charge < -0.3 is 10.6 Å². The van der Waals surface area contributed by atoms with Crippen LogP contribution >= 0.6 is 0 Å². The number of rotatable bonds is 7. The van der Waals surface area contributed by atoms with E-state index in [1.165, 1.54) is 31.0 Å². The quantitative estimate of drug-likeness (QED) is 0.452. The zero-order chi connectivity index (χ0) is 14.5. The van der Waals surface area contributed by atoms with Crippen molar-refractivity contribution in [2.24, 2.45) is 0 Å². The van der Waals surface area contributed by atoms with Crippen LogP contribution in [0, 0.1) is 17.0 Å². The van der Waals surface area contributed by atoms with Gasteiger partial charge >= 0.3 is 0 Å². The molecule has 108 valence electrons. The molecule has 0 aromatic heterocycles. The molecule has 0 atom stereocenters. The summed E-state index contributed by atoms with van der Waals surface area (Å²) in [5, 5.41) is 16.8. The van der Waals surface area contributed by atoms with Gasteiger partial charge in [0.15, 0.2) is 0 Å². The lowest BCUT2D eigenvalue weighted by atomic mass is 10.1. The zero-order valence-corrected chi connectivity index (χ0v) is 11.5. The first-order chi connectivity index (χ1) is 9.58. The van der Waals surface area contributed by atoms with Crippen LogP contribution in [0.1, 0.15) is 35.2 Å². The van der Waals surface area contributed by atoms with Crippen LogP contribution in [0.25, 0.3) is 0 Å². The Balaban J connectivity index is 1.80. The maximum Gasteiger partial charge on any atom is 0.269 e. The monoisotopic (exact) mass is 277 g/mol. The second kappa shape index (κ2) is 6.47. The number of carbonyl (C=O) groups excluding carboxylic acids is 1. The van der Waals surface area contributed by atoms with E-state index in [1.807, 2.05) is 0 Å². The number of nitro groups is 1. The number of hydrogen-bond acceptors (Lipinski definition) is 4. The van der Waals surface area contributed by atoms with Crippen molar-refractivity contribution in [3.05, 3.63) is 39.4 Å². The van der Waals surface area contributed by atoms with Crippen LogP contribution in [0.15, 0.2) is 18.2 Å². The van der Waals surface area contributed by atoms with Gasteiger partial charge in [0.25, 0.3) is 11.6 Å². The molecular formula is C14H19N3O3. The highest BCUT2D eigenvalue weighted by atomic mass is 16.6.